The van der Waals surface area contributed by atoms with Gasteiger partial charge in [0, 0.05) is 18.5 Å². The van der Waals surface area contributed by atoms with Crippen molar-refractivity contribution in [3.05, 3.63) is 45.2 Å². The maximum absolute atomic E-state index is 12.1. The van der Waals surface area contributed by atoms with Crippen molar-refractivity contribution >= 4 is 16.8 Å². The van der Waals surface area contributed by atoms with Crippen molar-refractivity contribution < 1.29 is 4.79 Å². The molecular formula is C17H22N2O2. The van der Waals surface area contributed by atoms with Gasteiger partial charge >= 0.3 is 0 Å². The van der Waals surface area contributed by atoms with Crippen molar-refractivity contribution in [2.24, 2.45) is 0 Å². The summed E-state index contributed by atoms with van der Waals surface area (Å²) < 4.78 is 0. The van der Waals surface area contributed by atoms with Crippen LogP contribution < -0.4 is 10.9 Å². The maximum atomic E-state index is 12.1. The topological polar surface area (TPSA) is 62.0 Å². The van der Waals surface area contributed by atoms with E-state index in [9.17, 15) is 9.59 Å². The number of benzene rings is 1. The van der Waals surface area contributed by atoms with E-state index in [-0.39, 0.29) is 11.5 Å². The molecule has 0 spiro atoms. The Morgan fingerprint density at radius 2 is 2.00 bits per heavy atom. The predicted octanol–water partition coefficient (Wildman–Crippen LogP) is 2.60. The second-order valence-corrected chi connectivity index (χ2v) is 5.52. The molecule has 0 atom stereocenters. The lowest BCUT2D eigenvalue weighted by Gasteiger charge is -2.07. The molecule has 0 aliphatic rings. The molecule has 4 nitrogen and oxygen atoms in total. The first-order valence-corrected chi connectivity index (χ1v) is 7.41. The molecule has 0 saturated heterocycles. The highest BCUT2D eigenvalue weighted by atomic mass is 16.1. The van der Waals surface area contributed by atoms with Crippen molar-refractivity contribution in [2.75, 3.05) is 6.54 Å². The maximum Gasteiger partial charge on any atom is 0.251 e. The minimum Gasteiger partial charge on any atom is -0.356 e. The van der Waals surface area contributed by atoms with Gasteiger partial charge in [0.25, 0.3) is 5.56 Å². The van der Waals surface area contributed by atoms with Crippen LogP contribution in [0.3, 0.4) is 0 Å². The Hall–Kier alpha value is -2.10. The first-order chi connectivity index (χ1) is 10.0. The number of carbonyl (C=O) groups is 1. The fourth-order valence-electron chi connectivity index (χ4n) is 2.52. The van der Waals surface area contributed by atoms with Gasteiger partial charge in [-0.2, -0.15) is 0 Å². The Kier molecular flexibility index (Phi) is 4.78. The summed E-state index contributed by atoms with van der Waals surface area (Å²) in [6.07, 6.45) is 1.73. The third-order valence-electron chi connectivity index (χ3n) is 3.56. The highest BCUT2D eigenvalue weighted by Crippen LogP contribution is 2.18. The summed E-state index contributed by atoms with van der Waals surface area (Å²) in [6, 6.07) is 6.01. The molecule has 2 N–H and O–H groups in total. The third-order valence-corrected chi connectivity index (χ3v) is 3.56. The van der Waals surface area contributed by atoms with Crippen LogP contribution in [0.25, 0.3) is 10.9 Å². The standard InChI is InChI=1S/C17H22N2O2/c1-4-7-18-15(20)6-5-13-10-14-9-11(2)8-12(3)16(14)19-17(13)21/h8-10H,4-7H2,1-3H3,(H,18,20)(H,19,21). The minimum atomic E-state index is -0.0993. The zero-order valence-electron chi connectivity index (χ0n) is 12.9. The van der Waals surface area contributed by atoms with E-state index in [1.165, 1.54) is 5.56 Å². The predicted molar refractivity (Wildman–Crippen MR) is 85.7 cm³/mol. The number of aromatic nitrogens is 1. The summed E-state index contributed by atoms with van der Waals surface area (Å²) in [5.41, 5.74) is 3.68. The summed E-state index contributed by atoms with van der Waals surface area (Å²) >= 11 is 0. The van der Waals surface area contributed by atoms with Crippen LogP contribution in [0.5, 0.6) is 0 Å². The quantitative estimate of drug-likeness (QED) is 0.887. The largest absolute Gasteiger partial charge is 0.356 e. The number of fused-ring (bicyclic) bond motifs is 1. The number of aryl methyl sites for hydroxylation is 3. The first-order valence-electron chi connectivity index (χ1n) is 7.41. The lowest BCUT2D eigenvalue weighted by molar-refractivity contribution is -0.121. The van der Waals surface area contributed by atoms with Crippen LogP contribution in [-0.2, 0) is 11.2 Å². The zero-order chi connectivity index (χ0) is 15.4. The van der Waals surface area contributed by atoms with E-state index in [4.69, 9.17) is 0 Å². The van der Waals surface area contributed by atoms with E-state index in [0.717, 1.165) is 22.9 Å². The van der Waals surface area contributed by atoms with E-state index in [2.05, 4.69) is 22.4 Å². The Balaban J connectivity index is 2.23. The van der Waals surface area contributed by atoms with Crippen molar-refractivity contribution in [1.29, 1.82) is 0 Å². The van der Waals surface area contributed by atoms with E-state index in [1.54, 1.807) is 0 Å². The van der Waals surface area contributed by atoms with Gasteiger partial charge in [-0.3, -0.25) is 9.59 Å². The fraction of sp³-hybridized carbons (Fsp3) is 0.412. The smallest absolute Gasteiger partial charge is 0.251 e. The Morgan fingerprint density at radius 3 is 2.71 bits per heavy atom. The van der Waals surface area contributed by atoms with Crippen molar-refractivity contribution in [3.63, 3.8) is 0 Å². The van der Waals surface area contributed by atoms with Gasteiger partial charge in [0.15, 0.2) is 0 Å². The highest BCUT2D eigenvalue weighted by Gasteiger charge is 2.08. The lowest BCUT2D eigenvalue weighted by atomic mass is 10.0. The van der Waals surface area contributed by atoms with Crippen LogP contribution in [-0.4, -0.2) is 17.4 Å². The number of rotatable bonds is 5. The molecule has 0 saturated carbocycles. The molecule has 2 aromatic rings. The number of nitrogens with one attached hydrogen (secondary N) is 2. The van der Waals surface area contributed by atoms with Crippen LogP contribution in [0, 0.1) is 13.8 Å². The number of hydrogen-bond donors (Lipinski definition) is 2. The number of hydrogen-bond acceptors (Lipinski definition) is 2. The van der Waals surface area contributed by atoms with Gasteiger partial charge in [-0.1, -0.05) is 18.6 Å². The average molecular weight is 286 g/mol. The molecule has 4 heteroatoms. The molecule has 1 aromatic carbocycles. The highest BCUT2D eigenvalue weighted by molar-refractivity contribution is 5.83. The van der Waals surface area contributed by atoms with Gasteiger partial charge in [0.05, 0.1) is 5.52 Å². The molecule has 112 valence electrons. The number of aromatic amines is 1. The number of amides is 1. The molecule has 0 unspecified atom stereocenters. The Bertz CT molecular complexity index is 717. The molecule has 1 aromatic heterocycles. The van der Waals surface area contributed by atoms with Gasteiger partial charge in [-0.05, 0) is 49.8 Å². The summed E-state index contributed by atoms with van der Waals surface area (Å²) in [6.45, 7) is 6.73. The molecule has 1 amide bonds. The summed E-state index contributed by atoms with van der Waals surface area (Å²) in [4.78, 5) is 26.7. The minimum absolute atomic E-state index is 0.00299. The molecule has 0 aliphatic heterocycles. The van der Waals surface area contributed by atoms with E-state index in [1.807, 2.05) is 26.8 Å². The van der Waals surface area contributed by atoms with E-state index >= 15 is 0 Å². The monoisotopic (exact) mass is 286 g/mol. The van der Waals surface area contributed by atoms with Gasteiger partial charge in [-0.25, -0.2) is 0 Å². The molecule has 0 fully saturated rings. The van der Waals surface area contributed by atoms with E-state index in [0.29, 0.717) is 24.9 Å². The van der Waals surface area contributed by atoms with Crippen LogP contribution >= 0.6 is 0 Å². The van der Waals surface area contributed by atoms with Crippen molar-refractivity contribution in [3.8, 4) is 0 Å². The first kappa shape index (κ1) is 15.3. The molecule has 0 radical (unpaired) electrons. The van der Waals surface area contributed by atoms with Crippen LogP contribution in [0.15, 0.2) is 23.0 Å². The van der Waals surface area contributed by atoms with Crippen molar-refractivity contribution in [1.82, 2.24) is 10.3 Å². The van der Waals surface area contributed by atoms with Gasteiger partial charge in [0.1, 0.15) is 0 Å². The van der Waals surface area contributed by atoms with Crippen molar-refractivity contribution in [2.45, 2.75) is 40.0 Å². The SMILES string of the molecule is CCCNC(=O)CCc1cc2cc(C)cc(C)c2[nH]c1=O. The van der Waals surface area contributed by atoms with Gasteiger partial charge in [0.2, 0.25) is 5.91 Å². The average Bonchev–Trinajstić information content (AvgIpc) is 2.43. The number of pyridine rings is 1. The number of carbonyl (C=O) groups excluding carboxylic acids is 1. The van der Waals surface area contributed by atoms with Crippen LogP contribution in [0.1, 0.15) is 36.5 Å². The summed E-state index contributed by atoms with van der Waals surface area (Å²) in [7, 11) is 0. The zero-order valence-corrected chi connectivity index (χ0v) is 12.9. The molecule has 1 heterocycles. The number of H-pyrrole nitrogens is 1. The molecule has 0 bridgehead atoms. The normalized spacial score (nSPS) is 10.8. The molecule has 21 heavy (non-hydrogen) atoms. The lowest BCUT2D eigenvalue weighted by Crippen LogP contribution is -2.25. The second kappa shape index (κ2) is 6.57. The fourth-order valence-corrected chi connectivity index (χ4v) is 2.52. The summed E-state index contributed by atoms with van der Waals surface area (Å²) in [5, 5.41) is 3.85. The third kappa shape index (κ3) is 3.72. The van der Waals surface area contributed by atoms with E-state index < -0.39 is 0 Å². The molecule has 2 rings (SSSR count). The van der Waals surface area contributed by atoms with Crippen LogP contribution in [0.2, 0.25) is 0 Å². The van der Waals surface area contributed by atoms with Gasteiger partial charge < -0.3 is 10.3 Å². The summed E-state index contributed by atoms with van der Waals surface area (Å²) in [5.74, 6) is -0.00299. The molecular weight excluding hydrogens is 264 g/mol. The Morgan fingerprint density at radius 1 is 1.24 bits per heavy atom. The molecule has 0 aliphatic carbocycles. The second-order valence-electron chi connectivity index (χ2n) is 5.52. The van der Waals surface area contributed by atoms with Crippen LogP contribution in [0.4, 0.5) is 0 Å². The Labute approximate surface area is 124 Å². The van der Waals surface area contributed by atoms with Gasteiger partial charge in [-0.15, -0.1) is 0 Å².